The summed E-state index contributed by atoms with van der Waals surface area (Å²) >= 11 is 0. The molecule has 1 aromatic rings. The smallest absolute Gasteiger partial charge is 0.269 e. The summed E-state index contributed by atoms with van der Waals surface area (Å²) < 4.78 is 0. The van der Waals surface area contributed by atoms with E-state index in [0.29, 0.717) is 12.5 Å². The van der Waals surface area contributed by atoms with Gasteiger partial charge in [-0.05, 0) is 24.4 Å². The Morgan fingerprint density at radius 3 is 2.35 bits per heavy atom. The van der Waals surface area contributed by atoms with Gasteiger partial charge in [0.25, 0.3) is 5.69 Å². The summed E-state index contributed by atoms with van der Waals surface area (Å²) in [5.41, 5.74) is 1.17. The van der Waals surface area contributed by atoms with Crippen molar-refractivity contribution in [2.24, 2.45) is 5.92 Å². The summed E-state index contributed by atoms with van der Waals surface area (Å²) in [4.78, 5) is 10.1. The first-order valence-electron chi connectivity index (χ1n) is 7.20. The molecule has 1 unspecified atom stereocenters. The first kappa shape index (κ1) is 16.6. The van der Waals surface area contributed by atoms with Gasteiger partial charge in [-0.2, -0.15) is 0 Å². The highest BCUT2D eigenvalue weighted by molar-refractivity contribution is 5.32. The van der Waals surface area contributed by atoms with Gasteiger partial charge in [-0.3, -0.25) is 10.1 Å². The van der Waals surface area contributed by atoms with E-state index >= 15 is 0 Å². The maximum atomic E-state index is 10.5. The lowest BCUT2D eigenvalue weighted by Crippen LogP contribution is -2.33. The van der Waals surface area contributed by atoms with E-state index in [1.165, 1.54) is 12.1 Å². The number of nitro groups is 1. The van der Waals surface area contributed by atoms with Gasteiger partial charge in [-0.1, -0.05) is 38.8 Å². The van der Waals surface area contributed by atoms with Crippen LogP contribution in [0.15, 0.2) is 24.3 Å². The van der Waals surface area contributed by atoms with Crippen molar-refractivity contribution in [1.82, 2.24) is 5.32 Å². The zero-order chi connectivity index (χ0) is 15.0. The average Bonchev–Trinajstić information content (AvgIpc) is 2.45. The minimum atomic E-state index is -0.395. The molecule has 0 aliphatic rings. The monoisotopic (exact) mass is 280 g/mol. The van der Waals surface area contributed by atoms with Gasteiger partial charge in [-0.25, -0.2) is 0 Å². The summed E-state index contributed by atoms with van der Waals surface area (Å²) in [5, 5.41) is 23.7. The van der Waals surface area contributed by atoms with Crippen LogP contribution in [0.2, 0.25) is 0 Å². The number of hydrogen-bond acceptors (Lipinski definition) is 4. The number of aliphatic hydroxyl groups is 1. The lowest BCUT2D eigenvalue weighted by Gasteiger charge is -2.20. The largest absolute Gasteiger partial charge is 0.392 e. The van der Waals surface area contributed by atoms with Crippen LogP contribution in [0.5, 0.6) is 0 Å². The molecular formula is C15H24N2O3. The number of rotatable bonds is 9. The quantitative estimate of drug-likeness (QED) is 0.414. The van der Waals surface area contributed by atoms with Crippen LogP contribution in [0.25, 0.3) is 0 Å². The van der Waals surface area contributed by atoms with Gasteiger partial charge in [0, 0.05) is 18.7 Å². The molecule has 0 radical (unpaired) electrons. The number of aliphatic hydroxyl groups excluding tert-OH is 1. The van der Waals surface area contributed by atoms with Crippen LogP contribution >= 0.6 is 0 Å². The van der Waals surface area contributed by atoms with E-state index in [1.54, 1.807) is 12.1 Å². The Morgan fingerprint density at radius 2 is 1.85 bits per heavy atom. The van der Waals surface area contributed by atoms with E-state index in [4.69, 9.17) is 0 Å². The van der Waals surface area contributed by atoms with Gasteiger partial charge in [0.15, 0.2) is 0 Å². The lowest BCUT2D eigenvalue weighted by atomic mass is 9.96. The number of hydrogen-bond donors (Lipinski definition) is 2. The number of nitrogens with one attached hydrogen (secondary N) is 1. The van der Waals surface area contributed by atoms with Gasteiger partial charge in [0.2, 0.25) is 0 Å². The van der Waals surface area contributed by atoms with E-state index in [-0.39, 0.29) is 11.8 Å². The molecule has 112 valence electrons. The highest BCUT2D eigenvalue weighted by Gasteiger charge is 2.14. The molecule has 1 aromatic carbocycles. The zero-order valence-electron chi connectivity index (χ0n) is 12.2. The van der Waals surface area contributed by atoms with Crippen LogP contribution in [0.4, 0.5) is 5.69 Å². The van der Waals surface area contributed by atoms with E-state index in [2.05, 4.69) is 19.2 Å². The molecule has 0 amide bonds. The number of nitrogens with zero attached hydrogens (tertiary/aromatic N) is 1. The fourth-order valence-electron chi connectivity index (χ4n) is 2.27. The molecule has 0 heterocycles. The van der Waals surface area contributed by atoms with Crippen LogP contribution in [-0.4, -0.2) is 29.2 Å². The molecular weight excluding hydrogens is 256 g/mol. The summed E-state index contributed by atoms with van der Waals surface area (Å²) in [6.07, 6.45) is 2.47. The van der Waals surface area contributed by atoms with Crippen molar-refractivity contribution < 1.29 is 10.0 Å². The van der Waals surface area contributed by atoms with Crippen LogP contribution < -0.4 is 5.32 Å². The van der Waals surface area contributed by atoms with E-state index in [1.807, 2.05) is 0 Å². The molecule has 0 saturated heterocycles. The molecule has 1 atom stereocenters. The highest BCUT2D eigenvalue weighted by atomic mass is 16.6. The molecule has 1 rings (SSSR count). The van der Waals surface area contributed by atoms with Crippen molar-refractivity contribution in [2.75, 3.05) is 13.1 Å². The Balaban J connectivity index is 2.29. The van der Waals surface area contributed by atoms with Crippen molar-refractivity contribution in [1.29, 1.82) is 0 Å². The van der Waals surface area contributed by atoms with Crippen LogP contribution in [-0.2, 0) is 6.42 Å². The molecule has 0 aliphatic heterocycles. The topological polar surface area (TPSA) is 75.4 Å². The van der Waals surface area contributed by atoms with Crippen molar-refractivity contribution in [2.45, 2.75) is 39.2 Å². The first-order chi connectivity index (χ1) is 9.58. The third-order valence-electron chi connectivity index (χ3n) is 3.68. The fraction of sp³-hybridized carbons (Fsp3) is 0.600. The van der Waals surface area contributed by atoms with Crippen LogP contribution in [0.3, 0.4) is 0 Å². The summed E-state index contributed by atoms with van der Waals surface area (Å²) in [6.45, 7) is 5.54. The Bertz CT molecular complexity index is 402. The Kier molecular flexibility index (Phi) is 7.18. The Morgan fingerprint density at radius 1 is 1.25 bits per heavy atom. The maximum absolute atomic E-state index is 10.5. The minimum Gasteiger partial charge on any atom is -0.392 e. The summed E-state index contributed by atoms with van der Waals surface area (Å²) in [5.74, 6) is 0.349. The molecule has 5 nitrogen and oxygen atoms in total. The molecule has 0 bridgehead atoms. The third-order valence-corrected chi connectivity index (χ3v) is 3.68. The second-order valence-electron chi connectivity index (χ2n) is 5.02. The lowest BCUT2D eigenvalue weighted by molar-refractivity contribution is -0.384. The predicted octanol–water partition coefficient (Wildman–Crippen LogP) is 2.52. The van der Waals surface area contributed by atoms with Gasteiger partial charge in [0.05, 0.1) is 11.0 Å². The second kappa shape index (κ2) is 8.66. The van der Waals surface area contributed by atoms with Gasteiger partial charge < -0.3 is 10.4 Å². The molecule has 2 N–H and O–H groups in total. The van der Waals surface area contributed by atoms with E-state index < -0.39 is 4.92 Å². The fourth-order valence-corrected chi connectivity index (χ4v) is 2.27. The van der Waals surface area contributed by atoms with Crippen LogP contribution in [0.1, 0.15) is 32.3 Å². The molecule has 0 aromatic heterocycles. The Hall–Kier alpha value is -1.46. The SMILES string of the molecule is CCC(CC)C(O)CNCCc1ccc([N+](=O)[O-])cc1. The van der Waals surface area contributed by atoms with Gasteiger partial charge in [-0.15, -0.1) is 0 Å². The third kappa shape index (κ3) is 5.27. The van der Waals surface area contributed by atoms with Gasteiger partial charge in [0.1, 0.15) is 0 Å². The molecule has 0 spiro atoms. The van der Waals surface area contributed by atoms with Crippen molar-refractivity contribution >= 4 is 5.69 Å². The van der Waals surface area contributed by atoms with E-state index in [0.717, 1.165) is 31.4 Å². The van der Waals surface area contributed by atoms with Gasteiger partial charge >= 0.3 is 0 Å². The summed E-state index contributed by atoms with van der Waals surface area (Å²) in [6, 6.07) is 6.59. The molecule has 5 heteroatoms. The number of benzene rings is 1. The standard InChI is InChI=1S/C15H24N2O3/c1-3-13(4-2)15(18)11-16-10-9-12-5-7-14(8-6-12)17(19)20/h5-8,13,15-16,18H,3-4,9-11H2,1-2H3. The number of non-ortho nitro benzene ring substituents is 1. The zero-order valence-corrected chi connectivity index (χ0v) is 12.2. The highest BCUT2D eigenvalue weighted by Crippen LogP contribution is 2.13. The van der Waals surface area contributed by atoms with Crippen molar-refractivity contribution in [3.63, 3.8) is 0 Å². The maximum Gasteiger partial charge on any atom is 0.269 e. The number of nitro benzene ring substituents is 1. The molecule has 0 saturated carbocycles. The summed E-state index contributed by atoms with van der Waals surface area (Å²) in [7, 11) is 0. The average molecular weight is 280 g/mol. The van der Waals surface area contributed by atoms with Crippen molar-refractivity contribution in [3.8, 4) is 0 Å². The predicted molar refractivity (Wildman–Crippen MR) is 79.7 cm³/mol. The minimum absolute atomic E-state index is 0.117. The Labute approximate surface area is 120 Å². The van der Waals surface area contributed by atoms with E-state index in [9.17, 15) is 15.2 Å². The molecule has 0 aliphatic carbocycles. The molecule has 20 heavy (non-hydrogen) atoms. The second-order valence-corrected chi connectivity index (χ2v) is 5.02. The molecule has 0 fully saturated rings. The van der Waals surface area contributed by atoms with Crippen molar-refractivity contribution in [3.05, 3.63) is 39.9 Å². The van der Waals surface area contributed by atoms with Crippen LogP contribution in [0, 0.1) is 16.0 Å². The normalized spacial score (nSPS) is 12.6. The first-order valence-corrected chi connectivity index (χ1v) is 7.20.